The van der Waals surface area contributed by atoms with E-state index in [9.17, 15) is 9.18 Å². The lowest BCUT2D eigenvalue weighted by atomic mass is 10.1. The maximum atomic E-state index is 12.7. The van der Waals surface area contributed by atoms with E-state index >= 15 is 0 Å². The maximum absolute atomic E-state index is 12.7. The number of carbonyl (C=O) groups excluding carboxylic acids is 1. The van der Waals surface area contributed by atoms with Crippen molar-refractivity contribution in [2.24, 2.45) is 0 Å². The highest BCUT2D eigenvalue weighted by atomic mass is 35.5. The van der Waals surface area contributed by atoms with E-state index in [4.69, 9.17) is 11.6 Å². The van der Waals surface area contributed by atoms with Crippen LogP contribution in [0.15, 0.2) is 18.2 Å². The number of methoxy groups -OCH3 is 1. The summed E-state index contributed by atoms with van der Waals surface area (Å²) in [5.41, 5.74) is 0.156. The zero-order chi connectivity index (χ0) is 9.84. The lowest BCUT2D eigenvalue weighted by Gasteiger charge is -2.01. The number of hydrogen-bond acceptors (Lipinski definition) is 2. The van der Waals surface area contributed by atoms with Crippen LogP contribution < -0.4 is 0 Å². The van der Waals surface area contributed by atoms with Gasteiger partial charge in [-0.3, -0.25) is 4.79 Å². The largest absolute Gasteiger partial charge is 0.377 e. The van der Waals surface area contributed by atoms with E-state index in [1.165, 1.54) is 19.2 Å². The van der Waals surface area contributed by atoms with Crippen molar-refractivity contribution in [1.29, 1.82) is 0 Å². The summed E-state index contributed by atoms with van der Waals surface area (Å²) in [6, 6.07) is 3.65. The highest BCUT2D eigenvalue weighted by Gasteiger charge is 2.10. The van der Waals surface area contributed by atoms with E-state index in [1.807, 2.05) is 0 Å². The van der Waals surface area contributed by atoms with Crippen molar-refractivity contribution >= 4 is 17.4 Å². The summed E-state index contributed by atoms with van der Waals surface area (Å²) in [5.74, 6) is -0.809. The summed E-state index contributed by atoms with van der Waals surface area (Å²) in [6.45, 7) is -0.0941. The third-order valence-electron chi connectivity index (χ3n) is 1.50. The van der Waals surface area contributed by atoms with Crippen LogP contribution >= 0.6 is 11.6 Å². The molecule has 13 heavy (non-hydrogen) atoms. The standard InChI is InChI=1S/C9H8ClFO2/c1-13-5-9(12)7-4-6(11)2-3-8(7)10/h2-4H,5H2,1H3. The Morgan fingerprint density at radius 1 is 1.62 bits per heavy atom. The van der Waals surface area contributed by atoms with Crippen molar-refractivity contribution in [2.45, 2.75) is 0 Å². The van der Waals surface area contributed by atoms with Gasteiger partial charge in [0.25, 0.3) is 0 Å². The minimum absolute atomic E-state index is 0.0941. The molecule has 0 atom stereocenters. The lowest BCUT2D eigenvalue weighted by molar-refractivity contribution is 0.0848. The quantitative estimate of drug-likeness (QED) is 0.704. The van der Waals surface area contributed by atoms with Crippen LogP contribution in [0.5, 0.6) is 0 Å². The number of benzene rings is 1. The second-order valence-corrected chi connectivity index (χ2v) is 2.89. The van der Waals surface area contributed by atoms with Crippen molar-refractivity contribution in [3.8, 4) is 0 Å². The number of halogens is 2. The molecule has 0 amide bonds. The van der Waals surface area contributed by atoms with Crippen molar-refractivity contribution in [1.82, 2.24) is 0 Å². The molecule has 0 bridgehead atoms. The van der Waals surface area contributed by atoms with Gasteiger partial charge in [0.05, 0.1) is 5.02 Å². The van der Waals surface area contributed by atoms with Crippen molar-refractivity contribution in [3.63, 3.8) is 0 Å². The molecule has 2 nitrogen and oxygen atoms in total. The second kappa shape index (κ2) is 4.35. The Labute approximate surface area is 80.3 Å². The fourth-order valence-corrected chi connectivity index (χ4v) is 1.14. The van der Waals surface area contributed by atoms with Gasteiger partial charge in [0.1, 0.15) is 12.4 Å². The third kappa shape index (κ3) is 2.50. The van der Waals surface area contributed by atoms with E-state index in [1.54, 1.807) is 0 Å². The number of carbonyl (C=O) groups is 1. The molecule has 1 aromatic carbocycles. The molecule has 0 aliphatic carbocycles. The zero-order valence-corrected chi connectivity index (χ0v) is 7.77. The molecule has 1 rings (SSSR count). The average molecular weight is 203 g/mol. The predicted octanol–water partition coefficient (Wildman–Crippen LogP) is 2.31. The Morgan fingerprint density at radius 3 is 2.92 bits per heavy atom. The van der Waals surface area contributed by atoms with Gasteiger partial charge >= 0.3 is 0 Å². The molecule has 0 unspecified atom stereocenters. The van der Waals surface area contributed by atoms with Gasteiger partial charge in [-0.2, -0.15) is 0 Å². The van der Waals surface area contributed by atoms with Crippen molar-refractivity contribution in [2.75, 3.05) is 13.7 Å². The van der Waals surface area contributed by atoms with Gasteiger partial charge in [-0.25, -0.2) is 4.39 Å². The fourth-order valence-electron chi connectivity index (χ4n) is 0.920. The van der Waals surface area contributed by atoms with Crippen LogP contribution in [0.3, 0.4) is 0 Å². The summed E-state index contributed by atoms with van der Waals surface area (Å²) in [4.78, 5) is 11.2. The molecule has 0 heterocycles. The Bertz CT molecular complexity index is 325. The number of ketones is 1. The number of rotatable bonds is 3. The van der Waals surface area contributed by atoms with Crippen LogP contribution in [-0.4, -0.2) is 19.5 Å². The molecule has 0 aliphatic rings. The first-order valence-electron chi connectivity index (χ1n) is 3.62. The minimum Gasteiger partial charge on any atom is -0.377 e. The molecule has 70 valence electrons. The summed E-state index contributed by atoms with van der Waals surface area (Å²) < 4.78 is 17.3. The lowest BCUT2D eigenvalue weighted by Crippen LogP contribution is -2.07. The SMILES string of the molecule is COCC(=O)c1cc(F)ccc1Cl. The Balaban J connectivity index is 2.99. The van der Waals surface area contributed by atoms with Gasteiger partial charge in [0.15, 0.2) is 5.78 Å². The van der Waals surface area contributed by atoms with Gasteiger partial charge < -0.3 is 4.74 Å². The number of hydrogen-bond donors (Lipinski definition) is 0. The first-order valence-corrected chi connectivity index (χ1v) is 4.00. The van der Waals surface area contributed by atoms with Crippen molar-refractivity contribution < 1.29 is 13.9 Å². The van der Waals surface area contributed by atoms with Crippen LogP contribution in [0.4, 0.5) is 4.39 Å². The van der Waals surface area contributed by atoms with E-state index < -0.39 is 5.82 Å². The first kappa shape index (κ1) is 10.2. The summed E-state index contributed by atoms with van der Waals surface area (Å²) in [5, 5.41) is 0.239. The van der Waals surface area contributed by atoms with Gasteiger partial charge in [-0.15, -0.1) is 0 Å². The molecule has 0 fully saturated rings. The Morgan fingerprint density at radius 2 is 2.31 bits per heavy atom. The number of Topliss-reactive ketones (excluding diaryl/α,β-unsaturated/α-hetero) is 1. The van der Waals surface area contributed by atoms with Gasteiger partial charge in [0, 0.05) is 12.7 Å². The number of ether oxygens (including phenoxy) is 1. The Kier molecular flexibility index (Phi) is 3.39. The summed E-state index contributed by atoms with van der Waals surface area (Å²) in [7, 11) is 1.39. The molecule has 0 aromatic heterocycles. The molecule has 0 spiro atoms. The Hall–Kier alpha value is -0.930. The predicted molar refractivity (Wildman–Crippen MR) is 47.6 cm³/mol. The van der Waals surface area contributed by atoms with Crippen molar-refractivity contribution in [3.05, 3.63) is 34.6 Å². The summed E-state index contributed by atoms with van der Waals surface area (Å²) in [6.07, 6.45) is 0. The second-order valence-electron chi connectivity index (χ2n) is 2.48. The average Bonchev–Trinajstić information content (AvgIpc) is 2.09. The van der Waals surface area contributed by atoms with Crippen LogP contribution in [0.2, 0.25) is 5.02 Å². The molecule has 1 aromatic rings. The summed E-state index contributed by atoms with van der Waals surface area (Å²) >= 11 is 5.68. The van der Waals surface area contributed by atoms with Gasteiger partial charge in [-0.05, 0) is 18.2 Å². The smallest absolute Gasteiger partial charge is 0.190 e. The molecule has 0 radical (unpaired) electrons. The molecular weight excluding hydrogens is 195 g/mol. The van der Waals surface area contributed by atoms with E-state index in [0.29, 0.717) is 0 Å². The van der Waals surface area contributed by atoms with Crippen LogP contribution in [0, 0.1) is 5.82 Å². The van der Waals surface area contributed by atoms with E-state index in [0.717, 1.165) is 6.07 Å². The fraction of sp³-hybridized carbons (Fsp3) is 0.222. The molecular formula is C9H8ClFO2. The monoisotopic (exact) mass is 202 g/mol. The van der Waals surface area contributed by atoms with Crippen LogP contribution in [0.25, 0.3) is 0 Å². The molecule has 0 saturated heterocycles. The molecule has 0 N–H and O–H groups in total. The van der Waals surface area contributed by atoms with Crippen LogP contribution in [0.1, 0.15) is 10.4 Å². The first-order chi connectivity index (χ1) is 6.15. The topological polar surface area (TPSA) is 26.3 Å². The maximum Gasteiger partial charge on any atom is 0.190 e. The van der Waals surface area contributed by atoms with E-state index in [2.05, 4.69) is 4.74 Å². The molecule has 4 heteroatoms. The zero-order valence-electron chi connectivity index (χ0n) is 7.01. The van der Waals surface area contributed by atoms with E-state index in [-0.39, 0.29) is 23.0 Å². The normalized spacial score (nSPS) is 10.1. The van der Waals surface area contributed by atoms with Crippen LogP contribution in [-0.2, 0) is 4.74 Å². The molecule has 0 aliphatic heterocycles. The highest BCUT2D eigenvalue weighted by molar-refractivity contribution is 6.34. The van der Waals surface area contributed by atoms with Gasteiger partial charge in [-0.1, -0.05) is 11.6 Å². The third-order valence-corrected chi connectivity index (χ3v) is 1.83. The van der Waals surface area contributed by atoms with Gasteiger partial charge in [0.2, 0.25) is 0 Å². The highest BCUT2D eigenvalue weighted by Crippen LogP contribution is 2.17. The minimum atomic E-state index is -0.483. The molecule has 0 saturated carbocycles.